The molecule has 0 bridgehead atoms. The summed E-state index contributed by atoms with van der Waals surface area (Å²) in [7, 11) is 0. The second-order valence-electron chi connectivity index (χ2n) is 4.14. The van der Waals surface area contributed by atoms with Crippen molar-refractivity contribution in [2.75, 3.05) is 17.3 Å². The number of nitrogens with two attached hydrogens (primary N) is 1. The van der Waals surface area contributed by atoms with E-state index >= 15 is 0 Å². The fraction of sp³-hybridized carbons (Fsp3) is 0.417. The summed E-state index contributed by atoms with van der Waals surface area (Å²) in [6, 6.07) is 3.83. The largest absolute Gasteiger partial charge is 0.467 e. The summed E-state index contributed by atoms with van der Waals surface area (Å²) in [5, 5.41) is 3.10. The molecule has 2 aromatic heterocycles. The van der Waals surface area contributed by atoms with Crippen molar-refractivity contribution in [2.24, 2.45) is 5.84 Å². The lowest BCUT2D eigenvalue weighted by Gasteiger charge is -2.12. The average molecular weight is 278 g/mol. The van der Waals surface area contributed by atoms with Crippen molar-refractivity contribution in [1.29, 1.82) is 0 Å². The Balaban J connectivity index is 2.13. The van der Waals surface area contributed by atoms with E-state index in [1.807, 2.05) is 26.0 Å². The number of anilines is 2. The van der Waals surface area contributed by atoms with Crippen LogP contribution in [0.1, 0.15) is 32.1 Å². The van der Waals surface area contributed by atoms with Crippen molar-refractivity contribution < 1.29 is 9.15 Å². The van der Waals surface area contributed by atoms with Crippen molar-refractivity contribution >= 4 is 11.9 Å². The first-order valence-electron chi connectivity index (χ1n) is 6.38. The first kappa shape index (κ1) is 14.1. The van der Waals surface area contributed by atoms with E-state index in [1.54, 1.807) is 6.26 Å². The second-order valence-corrected chi connectivity index (χ2v) is 4.14. The van der Waals surface area contributed by atoms with E-state index in [1.165, 1.54) is 0 Å². The highest BCUT2D eigenvalue weighted by atomic mass is 16.5. The molecule has 4 N–H and O–H groups in total. The first-order chi connectivity index (χ1) is 9.72. The van der Waals surface area contributed by atoms with Crippen LogP contribution in [0.25, 0.3) is 0 Å². The van der Waals surface area contributed by atoms with Crippen LogP contribution in [-0.2, 0) is 0 Å². The molecule has 1 atom stereocenters. The molecule has 8 nitrogen and oxygen atoms in total. The third-order valence-electron chi connectivity index (χ3n) is 2.49. The van der Waals surface area contributed by atoms with Gasteiger partial charge in [-0.1, -0.05) is 6.92 Å². The van der Waals surface area contributed by atoms with Crippen LogP contribution >= 0.6 is 0 Å². The highest BCUT2D eigenvalue weighted by Gasteiger charge is 2.12. The fourth-order valence-electron chi connectivity index (χ4n) is 1.55. The summed E-state index contributed by atoms with van der Waals surface area (Å²) in [6.07, 6.45) is 2.48. The van der Waals surface area contributed by atoms with Crippen LogP contribution in [0.2, 0.25) is 0 Å². The zero-order chi connectivity index (χ0) is 14.4. The topological polar surface area (TPSA) is 111 Å². The number of rotatable bonds is 7. The fourth-order valence-corrected chi connectivity index (χ4v) is 1.55. The number of nitrogen functional groups attached to an aromatic ring is 1. The summed E-state index contributed by atoms with van der Waals surface area (Å²) in [6.45, 7) is 4.47. The molecule has 2 heterocycles. The van der Waals surface area contributed by atoms with Crippen LogP contribution in [0.5, 0.6) is 6.01 Å². The van der Waals surface area contributed by atoms with Crippen molar-refractivity contribution in [2.45, 2.75) is 26.3 Å². The third kappa shape index (κ3) is 3.58. The van der Waals surface area contributed by atoms with E-state index in [-0.39, 0.29) is 18.0 Å². The number of nitrogens with zero attached hydrogens (tertiary/aromatic N) is 3. The van der Waals surface area contributed by atoms with E-state index in [0.29, 0.717) is 12.6 Å². The van der Waals surface area contributed by atoms with Gasteiger partial charge in [0.25, 0.3) is 0 Å². The van der Waals surface area contributed by atoms with Gasteiger partial charge in [0.05, 0.1) is 18.9 Å². The molecule has 8 heteroatoms. The lowest BCUT2D eigenvalue weighted by atomic mass is 10.2. The van der Waals surface area contributed by atoms with Crippen molar-refractivity contribution in [3.8, 4) is 6.01 Å². The Morgan fingerprint density at radius 2 is 2.15 bits per heavy atom. The molecule has 20 heavy (non-hydrogen) atoms. The molecule has 0 fully saturated rings. The van der Waals surface area contributed by atoms with Gasteiger partial charge in [-0.3, -0.25) is 5.43 Å². The molecular weight excluding hydrogens is 260 g/mol. The maximum Gasteiger partial charge on any atom is 0.323 e. The second kappa shape index (κ2) is 6.71. The van der Waals surface area contributed by atoms with E-state index in [2.05, 4.69) is 25.7 Å². The number of hydrazine groups is 1. The summed E-state index contributed by atoms with van der Waals surface area (Å²) in [4.78, 5) is 12.3. The molecule has 0 aromatic carbocycles. The number of aromatic nitrogens is 3. The summed E-state index contributed by atoms with van der Waals surface area (Å²) < 4.78 is 10.7. The maximum atomic E-state index is 5.39. The molecule has 0 saturated heterocycles. The van der Waals surface area contributed by atoms with Gasteiger partial charge in [0.15, 0.2) is 0 Å². The average Bonchev–Trinajstić information content (AvgIpc) is 2.99. The Labute approximate surface area is 116 Å². The molecule has 0 radical (unpaired) electrons. The molecule has 2 aromatic rings. The summed E-state index contributed by atoms with van der Waals surface area (Å²) in [5.41, 5.74) is 2.39. The Hall–Kier alpha value is -2.35. The van der Waals surface area contributed by atoms with Gasteiger partial charge in [-0.15, -0.1) is 0 Å². The zero-order valence-corrected chi connectivity index (χ0v) is 11.5. The van der Waals surface area contributed by atoms with Crippen LogP contribution in [0, 0.1) is 0 Å². The molecule has 0 aliphatic heterocycles. The molecule has 0 amide bonds. The minimum absolute atomic E-state index is 0.0861. The van der Waals surface area contributed by atoms with Crippen LogP contribution < -0.4 is 21.3 Å². The molecule has 0 spiro atoms. The highest BCUT2D eigenvalue weighted by molar-refractivity contribution is 5.36. The van der Waals surface area contributed by atoms with Gasteiger partial charge < -0.3 is 14.5 Å². The van der Waals surface area contributed by atoms with E-state index < -0.39 is 0 Å². The molecule has 0 aliphatic rings. The monoisotopic (exact) mass is 278 g/mol. The lowest BCUT2D eigenvalue weighted by Crippen LogP contribution is -2.16. The number of furan rings is 1. The minimum atomic E-state index is -0.0861. The number of nitrogens with one attached hydrogen (secondary N) is 2. The van der Waals surface area contributed by atoms with Gasteiger partial charge >= 0.3 is 6.01 Å². The predicted octanol–water partition coefficient (Wildman–Crippen LogP) is 1.71. The van der Waals surface area contributed by atoms with Crippen LogP contribution in [-0.4, -0.2) is 21.6 Å². The van der Waals surface area contributed by atoms with Crippen LogP contribution in [0.15, 0.2) is 22.8 Å². The highest BCUT2D eigenvalue weighted by Crippen LogP contribution is 2.19. The van der Waals surface area contributed by atoms with Crippen molar-refractivity contribution in [3.63, 3.8) is 0 Å². The Morgan fingerprint density at radius 3 is 2.80 bits per heavy atom. The number of hydrogen-bond donors (Lipinski definition) is 3. The van der Waals surface area contributed by atoms with Crippen molar-refractivity contribution in [3.05, 3.63) is 24.2 Å². The maximum absolute atomic E-state index is 5.39. The normalized spacial score (nSPS) is 11.9. The first-order valence-corrected chi connectivity index (χ1v) is 6.38. The summed E-state index contributed by atoms with van der Waals surface area (Å²) >= 11 is 0. The van der Waals surface area contributed by atoms with E-state index in [4.69, 9.17) is 15.0 Å². The Morgan fingerprint density at radius 1 is 1.35 bits per heavy atom. The van der Waals surface area contributed by atoms with E-state index in [0.717, 1.165) is 12.2 Å². The Kier molecular flexibility index (Phi) is 4.72. The SMILES string of the molecule is CCCOc1nc(NN)nc(NC(C)c2ccco2)n1. The van der Waals surface area contributed by atoms with Crippen molar-refractivity contribution in [1.82, 2.24) is 15.0 Å². The quantitative estimate of drug-likeness (QED) is 0.518. The Bertz CT molecular complexity index is 531. The molecule has 0 aliphatic carbocycles. The summed E-state index contributed by atoms with van der Waals surface area (Å²) in [5.74, 6) is 6.72. The minimum Gasteiger partial charge on any atom is -0.467 e. The standard InChI is InChI=1S/C12H18N6O2/c1-3-6-20-12-16-10(15-11(17-12)18-13)14-8(2)9-5-4-7-19-9/h4-5,7-8H,3,6,13H2,1-2H3,(H2,14,15,16,17,18). The molecule has 1 unspecified atom stereocenters. The van der Waals surface area contributed by atoms with Crippen LogP contribution in [0.3, 0.4) is 0 Å². The lowest BCUT2D eigenvalue weighted by molar-refractivity contribution is 0.292. The van der Waals surface area contributed by atoms with Gasteiger partial charge in [-0.2, -0.15) is 15.0 Å². The molecule has 0 saturated carbocycles. The van der Waals surface area contributed by atoms with Gasteiger partial charge in [0, 0.05) is 0 Å². The molecule has 108 valence electrons. The third-order valence-corrected chi connectivity index (χ3v) is 2.49. The van der Waals surface area contributed by atoms with Crippen LogP contribution in [0.4, 0.5) is 11.9 Å². The van der Waals surface area contributed by atoms with E-state index in [9.17, 15) is 0 Å². The molecular formula is C12H18N6O2. The predicted molar refractivity (Wildman–Crippen MR) is 74.2 cm³/mol. The van der Waals surface area contributed by atoms with Gasteiger partial charge in [-0.05, 0) is 25.5 Å². The smallest absolute Gasteiger partial charge is 0.323 e. The number of ether oxygens (including phenoxy) is 1. The van der Waals surface area contributed by atoms with Gasteiger partial charge in [-0.25, -0.2) is 5.84 Å². The van der Waals surface area contributed by atoms with Gasteiger partial charge in [0.1, 0.15) is 5.76 Å². The van der Waals surface area contributed by atoms with Gasteiger partial charge in [0.2, 0.25) is 11.9 Å². The molecule has 2 rings (SSSR count). The zero-order valence-electron chi connectivity index (χ0n) is 11.5. The number of hydrogen-bond acceptors (Lipinski definition) is 8.